The second-order valence-corrected chi connectivity index (χ2v) is 6.27. The zero-order valence-corrected chi connectivity index (χ0v) is 15.0. The van der Waals surface area contributed by atoms with Gasteiger partial charge in [-0.1, -0.05) is 19.3 Å². The molecule has 22 heavy (non-hydrogen) atoms. The smallest absolute Gasteiger partial charge is 0.191 e. The number of rotatable bonds is 9. The predicted octanol–water partition coefficient (Wildman–Crippen LogP) is 2.09. The first-order valence-corrected chi connectivity index (χ1v) is 8.95. The van der Waals surface area contributed by atoms with Crippen molar-refractivity contribution in [2.24, 2.45) is 10.9 Å². The van der Waals surface area contributed by atoms with Gasteiger partial charge in [0.05, 0.1) is 13.2 Å². The Morgan fingerprint density at radius 1 is 1.18 bits per heavy atom. The standard InChI is InChI=1S/C17H36N4O/c1-5-18-17(19-12-13-22-6-2)20-14-16(21(3)4)15-10-8-7-9-11-15/h15-16H,5-14H2,1-4H3,(H2,18,19,20). The highest BCUT2D eigenvalue weighted by atomic mass is 16.5. The lowest BCUT2D eigenvalue weighted by Gasteiger charge is -2.34. The van der Waals surface area contributed by atoms with Crippen LogP contribution in [-0.4, -0.2) is 63.8 Å². The summed E-state index contributed by atoms with van der Waals surface area (Å²) in [5, 5.41) is 6.67. The largest absolute Gasteiger partial charge is 0.380 e. The summed E-state index contributed by atoms with van der Waals surface area (Å²) in [6, 6.07) is 0.544. The Kier molecular flexibility index (Phi) is 10.2. The van der Waals surface area contributed by atoms with Gasteiger partial charge < -0.3 is 20.3 Å². The molecule has 1 atom stereocenters. The first-order valence-electron chi connectivity index (χ1n) is 8.95. The number of nitrogens with one attached hydrogen (secondary N) is 2. The number of likely N-dealkylation sites (N-methyl/N-ethyl adjacent to an activating group) is 1. The van der Waals surface area contributed by atoms with Crippen molar-refractivity contribution in [1.29, 1.82) is 0 Å². The average molecular weight is 313 g/mol. The monoisotopic (exact) mass is 312 g/mol. The molecule has 0 amide bonds. The van der Waals surface area contributed by atoms with E-state index in [0.29, 0.717) is 6.04 Å². The van der Waals surface area contributed by atoms with Gasteiger partial charge in [-0.05, 0) is 46.7 Å². The fourth-order valence-corrected chi connectivity index (χ4v) is 3.17. The van der Waals surface area contributed by atoms with Crippen LogP contribution < -0.4 is 10.6 Å². The molecule has 1 aliphatic carbocycles. The molecule has 5 heteroatoms. The summed E-state index contributed by atoms with van der Waals surface area (Å²) in [6.07, 6.45) is 6.87. The van der Waals surface area contributed by atoms with Crippen LogP contribution in [0.3, 0.4) is 0 Å². The number of aliphatic imine (C=N–C) groups is 1. The van der Waals surface area contributed by atoms with Crippen LogP contribution in [0.5, 0.6) is 0 Å². The Morgan fingerprint density at radius 3 is 2.50 bits per heavy atom. The van der Waals surface area contributed by atoms with Gasteiger partial charge in [0.1, 0.15) is 0 Å². The number of hydrogen-bond donors (Lipinski definition) is 2. The van der Waals surface area contributed by atoms with E-state index in [-0.39, 0.29) is 0 Å². The van der Waals surface area contributed by atoms with E-state index in [9.17, 15) is 0 Å². The van der Waals surface area contributed by atoms with Gasteiger partial charge in [0.2, 0.25) is 0 Å². The lowest BCUT2D eigenvalue weighted by molar-refractivity contribution is 0.152. The molecule has 130 valence electrons. The molecule has 0 radical (unpaired) electrons. The molecule has 0 spiro atoms. The topological polar surface area (TPSA) is 48.9 Å². The van der Waals surface area contributed by atoms with Crippen LogP contribution in [0.25, 0.3) is 0 Å². The predicted molar refractivity (Wildman–Crippen MR) is 94.5 cm³/mol. The summed E-state index contributed by atoms with van der Waals surface area (Å²) in [7, 11) is 4.37. The van der Waals surface area contributed by atoms with Crippen LogP contribution in [-0.2, 0) is 4.74 Å². The number of guanidine groups is 1. The van der Waals surface area contributed by atoms with Crippen LogP contribution in [0, 0.1) is 5.92 Å². The third kappa shape index (κ3) is 7.45. The third-order valence-corrected chi connectivity index (χ3v) is 4.38. The van der Waals surface area contributed by atoms with E-state index in [4.69, 9.17) is 9.73 Å². The summed E-state index contributed by atoms with van der Waals surface area (Å²) in [6.45, 7) is 8.16. The minimum Gasteiger partial charge on any atom is -0.380 e. The fraction of sp³-hybridized carbons (Fsp3) is 0.941. The quantitative estimate of drug-likeness (QED) is 0.389. The van der Waals surface area contributed by atoms with Gasteiger partial charge >= 0.3 is 0 Å². The second-order valence-electron chi connectivity index (χ2n) is 6.27. The number of hydrogen-bond acceptors (Lipinski definition) is 3. The molecule has 0 saturated heterocycles. The van der Waals surface area contributed by atoms with Crippen LogP contribution >= 0.6 is 0 Å². The molecule has 0 aromatic rings. The van der Waals surface area contributed by atoms with Crippen LogP contribution in [0.1, 0.15) is 46.0 Å². The molecule has 0 aromatic heterocycles. The van der Waals surface area contributed by atoms with Crippen molar-refractivity contribution in [1.82, 2.24) is 15.5 Å². The second kappa shape index (κ2) is 11.7. The van der Waals surface area contributed by atoms with Gasteiger partial charge in [0.15, 0.2) is 5.96 Å². The van der Waals surface area contributed by atoms with Crippen LogP contribution in [0.15, 0.2) is 4.99 Å². The molecule has 0 aromatic carbocycles. The Bertz CT molecular complexity index is 301. The van der Waals surface area contributed by atoms with E-state index in [1.54, 1.807) is 0 Å². The molecular weight excluding hydrogens is 276 g/mol. The van der Waals surface area contributed by atoms with Crippen LogP contribution in [0.2, 0.25) is 0 Å². The Morgan fingerprint density at radius 2 is 1.91 bits per heavy atom. The van der Waals surface area contributed by atoms with E-state index in [1.165, 1.54) is 32.1 Å². The van der Waals surface area contributed by atoms with Gasteiger partial charge in [-0.15, -0.1) is 0 Å². The van der Waals surface area contributed by atoms with Crippen molar-refractivity contribution in [3.63, 3.8) is 0 Å². The van der Waals surface area contributed by atoms with Crippen molar-refractivity contribution in [3.8, 4) is 0 Å². The van der Waals surface area contributed by atoms with Gasteiger partial charge in [-0.3, -0.25) is 4.99 Å². The first kappa shape index (κ1) is 19.2. The zero-order chi connectivity index (χ0) is 16.2. The molecular formula is C17H36N4O. The highest BCUT2D eigenvalue weighted by molar-refractivity contribution is 5.79. The van der Waals surface area contributed by atoms with Gasteiger partial charge in [-0.2, -0.15) is 0 Å². The van der Waals surface area contributed by atoms with Crippen molar-refractivity contribution in [3.05, 3.63) is 0 Å². The average Bonchev–Trinajstić information content (AvgIpc) is 2.52. The van der Waals surface area contributed by atoms with E-state index in [2.05, 4.69) is 36.6 Å². The zero-order valence-electron chi connectivity index (χ0n) is 15.0. The van der Waals surface area contributed by atoms with Gasteiger partial charge in [0, 0.05) is 25.7 Å². The molecule has 5 nitrogen and oxygen atoms in total. The molecule has 1 aliphatic rings. The van der Waals surface area contributed by atoms with Crippen molar-refractivity contribution >= 4 is 5.96 Å². The van der Waals surface area contributed by atoms with E-state index in [1.807, 2.05) is 6.92 Å². The maximum atomic E-state index is 5.37. The highest BCUT2D eigenvalue weighted by Gasteiger charge is 2.25. The maximum Gasteiger partial charge on any atom is 0.191 e. The molecule has 2 N–H and O–H groups in total. The third-order valence-electron chi connectivity index (χ3n) is 4.38. The number of nitrogens with zero attached hydrogens (tertiary/aromatic N) is 2. The molecule has 1 rings (SSSR count). The van der Waals surface area contributed by atoms with Crippen molar-refractivity contribution in [2.75, 3.05) is 46.9 Å². The molecule has 1 fully saturated rings. The molecule has 0 heterocycles. The normalized spacial score (nSPS) is 18.5. The SMILES string of the molecule is CCNC(=NCC(C1CCCCC1)N(C)C)NCCOCC. The number of ether oxygens (including phenoxy) is 1. The minimum absolute atomic E-state index is 0.544. The fourth-order valence-electron chi connectivity index (χ4n) is 3.17. The van der Waals surface area contributed by atoms with E-state index < -0.39 is 0 Å². The summed E-state index contributed by atoms with van der Waals surface area (Å²) in [5.74, 6) is 1.70. The lowest BCUT2D eigenvalue weighted by atomic mass is 9.83. The maximum absolute atomic E-state index is 5.37. The highest BCUT2D eigenvalue weighted by Crippen LogP contribution is 2.28. The summed E-state index contributed by atoms with van der Waals surface area (Å²) in [4.78, 5) is 7.16. The van der Waals surface area contributed by atoms with E-state index in [0.717, 1.165) is 44.7 Å². The Balaban J connectivity index is 2.51. The Hall–Kier alpha value is -0.810. The molecule has 0 bridgehead atoms. The first-order chi connectivity index (χ1) is 10.7. The minimum atomic E-state index is 0.544. The van der Waals surface area contributed by atoms with Gasteiger partial charge in [0.25, 0.3) is 0 Å². The van der Waals surface area contributed by atoms with Crippen LogP contribution in [0.4, 0.5) is 0 Å². The summed E-state index contributed by atoms with van der Waals surface area (Å²) in [5.41, 5.74) is 0. The summed E-state index contributed by atoms with van der Waals surface area (Å²) < 4.78 is 5.37. The molecule has 1 saturated carbocycles. The molecule has 0 aliphatic heterocycles. The van der Waals surface area contributed by atoms with E-state index >= 15 is 0 Å². The van der Waals surface area contributed by atoms with Gasteiger partial charge in [-0.25, -0.2) is 0 Å². The lowest BCUT2D eigenvalue weighted by Crippen LogP contribution is -2.42. The van der Waals surface area contributed by atoms with Crippen molar-refractivity contribution in [2.45, 2.75) is 52.0 Å². The molecule has 1 unspecified atom stereocenters. The van der Waals surface area contributed by atoms with Crippen molar-refractivity contribution < 1.29 is 4.74 Å². The summed E-state index contributed by atoms with van der Waals surface area (Å²) >= 11 is 0. The Labute approximate surface area is 136 Å².